The smallest absolute Gasteiger partial charge is 0.303 e. The van der Waals surface area contributed by atoms with Crippen LogP contribution in [0.15, 0.2) is 0 Å². The Morgan fingerprint density at radius 2 is 1.48 bits per heavy atom. The first-order chi connectivity index (χ1) is 9.72. The number of rotatable bonds is 4. The molecule has 0 aliphatic carbocycles. The topological polar surface area (TPSA) is 88.1 Å². The van der Waals surface area contributed by atoms with Crippen molar-refractivity contribution in [2.45, 2.75) is 50.0 Å². The average molecular weight is 343 g/mol. The van der Waals surface area contributed by atoms with E-state index in [1.807, 2.05) is 0 Å². The van der Waals surface area contributed by atoms with Crippen LogP contribution in [0, 0.1) is 0 Å². The third kappa shape index (κ3) is 5.33. The molecule has 1 aliphatic rings. The van der Waals surface area contributed by atoms with E-state index in [0.717, 1.165) is 0 Å². The number of hydrogen-bond acceptors (Lipinski definition) is 7. The van der Waals surface area contributed by atoms with Crippen LogP contribution in [0.4, 0.5) is 0 Å². The Morgan fingerprint density at radius 1 is 0.952 bits per heavy atom. The van der Waals surface area contributed by atoms with E-state index in [9.17, 15) is 14.4 Å². The largest absolute Gasteiger partial charge is 0.463 e. The van der Waals surface area contributed by atoms with Crippen molar-refractivity contribution in [3.8, 4) is 0 Å². The molecule has 0 aromatic heterocycles. The molecule has 21 heavy (non-hydrogen) atoms. The zero-order valence-electron chi connectivity index (χ0n) is 11.7. The summed E-state index contributed by atoms with van der Waals surface area (Å²) in [5.74, 6) is -1.77. The van der Waals surface area contributed by atoms with Gasteiger partial charge in [-0.2, -0.15) is 0 Å². The molecule has 0 N–H and O–H groups in total. The molecule has 0 aromatic rings. The summed E-state index contributed by atoms with van der Waals surface area (Å²) in [6.45, 7) is 3.38. The number of esters is 3. The van der Waals surface area contributed by atoms with E-state index in [2.05, 4.69) is 0 Å². The minimum atomic E-state index is -1.02. The summed E-state index contributed by atoms with van der Waals surface area (Å²) in [5, 5.41) is -0.923. The third-order valence-corrected chi connectivity index (χ3v) is 3.59. The first kappa shape index (κ1) is 18.0. The van der Waals surface area contributed by atoms with Gasteiger partial charge in [-0.05, 0) is 0 Å². The molecule has 0 radical (unpaired) electrons. The Hall–Kier alpha value is -1.05. The Balaban J connectivity index is 2.94. The Labute approximate surface area is 131 Å². The van der Waals surface area contributed by atoms with E-state index in [1.54, 1.807) is 0 Å². The Kier molecular flexibility index (Phi) is 6.70. The van der Waals surface area contributed by atoms with Crippen molar-refractivity contribution in [2.24, 2.45) is 0 Å². The van der Waals surface area contributed by atoms with Gasteiger partial charge in [-0.3, -0.25) is 14.4 Å². The van der Waals surface area contributed by atoms with Gasteiger partial charge in [-0.25, -0.2) is 0 Å². The fraction of sp³-hybridized carbons (Fsp3) is 0.750. The maximum atomic E-state index is 11.2. The van der Waals surface area contributed by atoms with Crippen molar-refractivity contribution < 1.29 is 33.3 Å². The summed E-state index contributed by atoms with van der Waals surface area (Å²) in [5.41, 5.74) is -0.997. The van der Waals surface area contributed by atoms with Gasteiger partial charge in [0.2, 0.25) is 0 Å². The molecular weight excluding hydrogens is 327 g/mol. The maximum Gasteiger partial charge on any atom is 0.303 e. The van der Waals surface area contributed by atoms with Crippen LogP contribution in [-0.2, 0) is 33.3 Å². The van der Waals surface area contributed by atoms with Crippen LogP contribution in [0.25, 0.3) is 0 Å². The summed E-state index contributed by atoms with van der Waals surface area (Å²) in [4.78, 5) is 33.3. The molecule has 5 atom stereocenters. The third-order valence-electron chi connectivity index (χ3n) is 2.61. The zero-order valence-corrected chi connectivity index (χ0v) is 13.2. The highest BCUT2D eigenvalue weighted by Gasteiger charge is 2.49. The second-order valence-corrected chi connectivity index (χ2v) is 5.35. The molecule has 0 spiro atoms. The Bertz CT molecular complexity index is 414. The monoisotopic (exact) mass is 342 g/mol. The predicted octanol–water partition coefficient (Wildman–Crippen LogP) is 0.984. The number of carbonyl (C=O) groups excluding carboxylic acids is 3. The van der Waals surface area contributed by atoms with Gasteiger partial charge in [-0.15, -0.1) is 11.6 Å². The van der Waals surface area contributed by atoms with E-state index < -0.39 is 47.2 Å². The summed E-state index contributed by atoms with van der Waals surface area (Å²) in [6, 6.07) is 0. The van der Waals surface area contributed by atoms with Gasteiger partial charge in [0.25, 0.3) is 0 Å². The molecule has 9 heteroatoms. The lowest BCUT2D eigenvalue weighted by atomic mass is 10.0. The lowest BCUT2D eigenvalue weighted by Crippen LogP contribution is -2.58. The molecule has 0 aromatic carbocycles. The summed E-state index contributed by atoms with van der Waals surface area (Å²) in [6.07, 6.45) is -2.92. The highest BCUT2D eigenvalue weighted by atomic mass is 35.5. The van der Waals surface area contributed by atoms with E-state index in [-0.39, 0.29) is 6.61 Å². The van der Waals surface area contributed by atoms with Crippen molar-refractivity contribution in [1.29, 1.82) is 0 Å². The summed E-state index contributed by atoms with van der Waals surface area (Å²) < 4.78 is 20.4. The molecule has 0 unspecified atom stereocenters. The van der Waals surface area contributed by atoms with Gasteiger partial charge in [0.05, 0.1) is 0 Å². The second-order valence-electron chi connectivity index (χ2n) is 4.42. The molecule has 0 saturated carbocycles. The number of carbonyl (C=O) groups is 3. The maximum absolute atomic E-state index is 11.2. The summed E-state index contributed by atoms with van der Waals surface area (Å²) >= 11 is 12.0. The quantitative estimate of drug-likeness (QED) is 0.427. The standard InChI is InChI=1S/C12H16Cl2O7/c1-5(15)18-4-8-10(19-6(2)16)11(20-7(3)17)9(13)12(14)21-8/h8-12H,4H2,1-3H3/t8-,9+,10-,11-,12-/m1/s1. The van der Waals surface area contributed by atoms with Gasteiger partial charge in [0.1, 0.15) is 18.1 Å². The highest BCUT2D eigenvalue weighted by molar-refractivity contribution is 6.29. The fourth-order valence-corrected chi connectivity index (χ4v) is 2.38. The highest BCUT2D eigenvalue weighted by Crippen LogP contribution is 2.31. The molecule has 120 valence electrons. The van der Waals surface area contributed by atoms with E-state index in [1.165, 1.54) is 20.8 Å². The van der Waals surface area contributed by atoms with Crippen LogP contribution in [0.2, 0.25) is 0 Å². The van der Waals surface area contributed by atoms with Gasteiger partial charge >= 0.3 is 17.9 Å². The van der Waals surface area contributed by atoms with Crippen molar-refractivity contribution in [3.05, 3.63) is 0 Å². The van der Waals surface area contributed by atoms with Crippen molar-refractivity contribution in [2.75, 3.05) is 6.61 Å². The molecule has 7 nitrogen and oxygen atoms in total. The SMILES string of the molecule is CC(=O)OC[C@H]1O[C@@H](Cl)[C@@H](Cl)[C@@H](OC(C)=O)[C@@H]1OC(C)=O. The van der Waals surface area contributed by atoms with Gasteiger partial charge < -0.3 is 18.9 Å². The van der Waals surface area contributed by atoms with Crippen LogP contribution in [0.1, 0.15) is 20.8 Å². The van der Waals surface area contributed by atoms with Crippen LogP contribution in [0.5, 0.6) is 0 Å². The minimum absolute atomic E-state index is 0.210. The molecule has 0 bridgehead atoms. The zero-order chi connectivity index (χ0) is 16.2. The van der Waals surface area contributed by atoms with E-state index in [0.29, 0.717) is 0 Å². The first-order valence-corrected chi connectivity index (χ1v) is 7.01. The molecular formula is C12H16Cl2O7. The Morgan fingerprint density at radius 3 is 1.95 bits per heavy atom. The lowest BCUT2D eigenvalue weighted by Gasteiger charge is -2.41. The van der Waals surface area contributed by atoms with Crippen molar-refractivity contribution in [1.82, 2.24) is 0 Å². The van der Waals surface area contributed by atoms with Crippen molar-refractivity contribution >= 4 is 41.1 Å². The molecule has 1 heterocycles. The second kappa shape index (κ2) is 7.82. The molecule has 0 amide bonds. The average Bonchev–Trinajstić information content (AvgIpc) is 2.35. The first-order valence-electron chi connectivity index (χ1n) is 6.13. The molecule has 1 rings (SSSR count). The lowest BCUT2D eigenvalue weighted by molar-refractivity contribution is -0.204. The van der Waals surface area contributed by atoms with Crippen LogP contribution >= 0.6 is 23.2 Å². The number of hydrogen-bond donors (Lipinski definition) is 0. The van der Waals surface area contributed by atoms with E-state index >= 15 is 0 Å². The molecule has 1 saturated heterocycles. The number of halogens is 2. The van der Waals surface area contributed by atoms with E-state index in [4.69, 9.17) is 42.1 Å². The van der Waals surface area contributed by atoms with Gasteiger partial charge in [0.15, 0.2) is 17.8 Å². The molecule has 1 fully saturated rings. The molecule has 1 aliphatic heterocycles. The predicted molar refractivity (Wildman–Crippen MR) is 71.9 cm³/mol. The normalized spacial score (nSPS) is 32.1. The number of alkyl halides is 2. The van der Waals surface area contributed by atoms with Crippen LogP contribution < -0.4 is 0 Å². The van der Waals surface area contributed by atoms with Crippen LogP contribution in [-0.4, -0.2) is 53.8 Å². The van der Waals surface area contributed by atoms with Crippen LogP contribution in [0.3, 0.4) is 0 Å². The minimum Gasteiger partial charge on any atom is -0.463 e. The fourth-order valence-electron chi connectivity index (χ4n) is 1.85. The van der Waals surface area contributed by atoms with Gasteiger partial charge in [0, 0.05) is 20.8 Å². The van der Waals surface area contributed by atoms with Gasteiger partial charge in [-0.1, -0.05) is 11.6 Å². The summed E-state index contributed by atoms with van der Waals surface area (Å²) in [7, 11) is 0. The number of ether oxygens (including phenoxy) is 4. The van der Waals surface area contributed by atoms with Crippen molar-refractivity contribution in [3.63, 3.8) is 0 Å².